The largest absolute Gasteiger partial charge is 0.495 e. The van der Waals surface area contributed by atoms with E-state index in [9.17, 15) is 29.8 Å². The molecule has 1 amide bonds. The van der Waals surface area contributed by atoms with Gasteiger partial charge in [-0.05, 0) is 19.1 Å². The molecule has 1 heterocycles. The second-order valence-electron chi connectivity index (χ2n) is 5.07. The van der Waals surface area contributed by atoms with Gasteiger partial charge >= 0.3 is 11.9 Å². The number of anilines is 1. The molecule has 2 aromatic rings. The molecular weight excluding hydrogens is 366 g/mol. The second kappa shape index (κ2) is 7.95. The first kappa shape index (κ1) is 19.4. The highest BCUT2D eigenvalue weighted by Crippen LogP contribution is 2.29. The van der Waals surface area contributed by atoms with Gasteiger partial charge in [0.15, 0.2) is 6.10 Å². The zero-order valence-corrected chi connectivity index (χ0v) is 14.0. The summed E-state index contributed by atoms with van der Waals surface area (Å²) in [6.07, 6.45) is -1.33. The molecule has 2 rings (SSSR count). The van der Waals surface area contributed by atoms with E-state index in [0.717, 1.165) is 18.2 Å². The first-order chi connectivity index (χ1) is 12.7. The lowest BCUT2D eigenvalue weighted by molar-refractivity contribution is -0.402. The molecule has 1 aromatic carbocycles. The van der Waals surface area contributed by atoms with Crippen molar-refractivity contribution in [3.8, 4) is 5.75 Å². The normalized spacial score (nSPS) is 11.3. The summed E-state index contributed by atoms with van der Waals surface area (Å²) in [4.78, 5) is 44.0. The Morgan fingerprint density at radius 3 is 2.41 bits per heavy atom. The Balaban J connectivity index is 2.08. The highest BCUT2D eigenvalue weighted by atomic mass is 16.7. The number of nitro groups is 2. The van der Waals surface area contributed by atoms with Crippen LogP contribution in [0, 0.1) is 20.2 Å². The molecule has 142 valence electrons. The van der Waals surface area contributed by atoms with E-state index in [0.29, 0.717) is 0 Å². The van der Waals surface area contributed by atoms with Crippen LogP contribution < -0.4 is 10.1 Å². The minimum absolute atomic E-state index is 0.00763. The molecule has 1 atom stereocenters. The van der Waals surface area contributed by atoms with E-state index >= 15 is 0 Å². The van der Waals surface area contributed by atoms with Crippen molar-refractivity contribution in [1.29, 1.82) is 0 Å². The molecule has 0 saturated carbocycles. The zero-order valence-electron chi connectivity index (χ0n) is 14.0. The summed E-state index contributed by atoms with van der Waals surface area (Å²) in [5.41, 5.74) is -0.271. The van der Waals surface area contributed by atoms with Crippen molar-refractivity contribution in [2.45, 2.75) is 13.0 Å². The van der Waals surface area contributed by atoms with Crippen LogP contribution in [-0.2, 0) is 9.53 Å². The fourth-order valence-electron chi connectivity index (χ4n) is 1.95. The van der Waals surface area contributed by atoms with Gasteiger partial charge in [-0.1, -0.05) is 0 Å². The minimum atomic E-state index is -1.33. The molecule has 0 fully saturated rings. The number of amides is 1. The van der Waals surface area contributed by atoms with Gasteiger partial charge in [-0.3, -0.25) is 25.0 Å². The monoisotopic (exact) mass is 379 g/mol. The summed E-state index contributed by atoms with van der Waals surface area (Å²) in [6.45, 7) is 1.24. The summed E-state index contributed by atoms with van der Waals surface area (Å²) in [6, 6.07) is 5.58. The molecule has 0 aliphatic carbocycles. The number of carbonyl (C=O) groups excluding carboxylic acids is 2. The Bertz CT molecular complexity index is 906. The van der Waals surface area contributed by atoms with Gasteiger partial charge in [-0.25, -0.2) is 4.79 Å². The number of non-ortho nitro benzene ring substituents is 1. The van der Waals surface area contributed by atoms with Crippen LogP contribution in [0.3, 0.4) is 0 Å². The van der Waals surface area contributed by atoms with E-state index < -0.39 is 39.5 Å². The number of esters is 1. The number of nitrogens with one attached hydrogen (secondary N) is 1. The Hall–Kier alpha value is -3.96. The number of carbonyl (C=O) groups is 2. The third-order valence-electron chi connectivity index (χ3n) is 3.28. The van der Waals surface area contributed by atoms with Crippen LogP contribution in [0.5, 0.6) is 5.75 Å². The summed E-state index contributed by atoms with van der Waals surface area (Å²) >= 11 is 0. The lowest BCUT2D eigenvalue weighted by Gasteiger charge is -2.14. The van der Waals surface area contributed by atoms with Crippen molar-refractivity contribution in [3.63, 3.8) is 0 Å². The van der Waals surface area contributed by atoms with E-state index in [1.807, 2.05) is 0 Å². The van der Waals surface area contributed by atoms with E-state index in [4.69, 9.17) is 9.47 Å². The van der Waals surface area contributed by atoms with Crippen LogP contribution in [-0.4, -0.2) is 34.9 Å². The van der Waals surface area contributed by atoms with Crippen LogP contribution >= 0.6 is 0 Å². The summed E-state index contributed by atoms with van der Waals surface area (Å²) in [7, 11) is 1.31. The fraction of sp³-hybridized carbons (Fsp3) is 0.200. The van der Waals surface area contributed by atoms with Crippen LogP contribution in [0.15, 0.2) is 34.7 Å². The van der Waals surface area contributed by atoms with Gasteiger partial charge < -0.3 is 19.2 Å². The topological polar surface area (TPSA) is 164 Å². The SMILES string of the molecule is COc1ccc([N+](=O)[O-])cc1NC(=O)C(C)OC(=O)c1ccc([N+](=O)[O-])o1. The summed E-state index contributed by atoms with van der Waals surface area (Å²) in [5.74, 6) is -2.83. The molecule has 0 bridgehead atoms. The summed E-state index contributed by atoms with van der Waals surface area (Å²) < 4.78 is 14.6. The fourth-order valence-corrected chi connectivity index (χ4v) is 1.95. The first-order valence-electron chi connectivity index (χ1n) is 7.31. The quantitative estimate of drug-likeness (QED) is 0.431. The van der Waals surface area contributed by atoms with E-state index in [2.05, 4.69) is 9.73 Å². The van der Waals surface area contributed by atoms with Gasteiger partial charge in [0.25, 0.3) is 11.6 Å². The Morgan fingerprint density at radius 2 is 1.85 bits per heavy atom. The number of rotatable bonds is 7. The number of benzene rings is 1. The smallest absolute Gasteiger partial charge is 0.433 e. The maximum Gasteiger partial charge on any atom is 0.433 e. The van der Waals surface area contributed by atoms with Gasteiger partial charge in [0.1, 0.15) is 10.7 Å². The predicted molar refractivity (Wildman–Crippen MR) is 88.5 cm³/mol. The van der Waals surface area contributed by atoms with Crippen molar-refractivity contribution >= 4 is 29.1 Å². The second-order valence-corrected chi connectivity index (χ2v) is 5.07. The molecule has 27 heavy (non-hydrogen) atoms. The molecular formula is C15H13N3O9. The number of nitro benzene ring substituents is 1. The highest BCUT2D eigenvalue weighted by Gasteiger charge is 2.24. The molecule has 1 unspecified atom stereocenters. The van der Waals surface area contributed by atoms with Crippen molar-refractivity contribution in [3.05, 3.63) is 56.3 Å². The Kier molecular flexibility index (Phi) is 5.70. The minimum Gasteiger partial charge on any atom is -0.495 e. The predicted octanol–water partition coefficient (Wildman–Crippen LogP) is 2.29. The molecule has 0 aliphatic heterocycles. The zero-order chi connectivity index (χ0) is 20.1. The molecule has 0 spiro atoms. The third-order valence-corrected chi connectivity index (χ3v) is 3.28. The molecule has 0 aliphatic rings. The van der Waals surface area contributed by atoms with E-state index in [1.165, 1.54) is 26.2 Å². The maximum atomic E-state index is 12.2. The van der Waals surface area contributed by atoms with Crippen LogP contribution in [0.2, 0.25) is 0 Å². The number of nitrogens with zero attached hydrogens (tertiary/aromatic N) is 2. The van der Waals surface area contributed by atoms with Gasteiger partial charge in [-0.15, -0.1) is 0 Å². The average molecular weight is 379 g/mol. The average Bonchev–Trinajstić information content (AvgIpc) is 3.12. The van der Waals surface area contributed by atoms with Crippen LogP contribution in [0.4, 0.5) is 17.3 Å². The summed E-state index contributed by atoms with van der Waals surface area (Å²) in [5, 5.41) is 23.7. The third kappa shape index (κ3) is 4.56. The maximum absolute atomic E-state index is 12.2. The van der Waals surface area contributed by atoms with Crippen molar-refractivity contribution in [2.24, 2.45) is 0 Å². The number of hydrogen-bond acceptors (Lipinski definition) is 9. The molecule has 0 saturated heterocycles. The number of furan rings is 1. The first-order valence-corrected chi connectivity index (χ1v) is 7.31. The molecule has 0 radical (unpaired) electrons. The lowest BCUT2D eigenvalue weighted by atomic mass is 10.2. The highest BCUT2D eigenvalue weighted by molar-refractivity contribution is 5.97. The van der Waals surface area contributed by atoms with Crippen LogP contribution in [0.1, 0.15) is 17.5 Å². The molecule has 1 aromatic heterocycles. The number of methoxy groups -OCH3 is 1. The van der Waals surface area contributed by atoms with Crippen molar-refractivity contribution in [1.82, 2.24) is 0 Å². The van der Waals surface area contributed by atoms with Gasteiger partial charge in [-0.2, -0.15) is 0 Å². The van der Waals surface area contributed by atoms with Crippen molar-refractivity contribution < 1.29 is 33.3 Å². The van der Waals surface area contributed by atoms with E-state index in [-0.39, 0.29) is 17.1 Å². The van der Waals surface area contributed by atoms with E-state index in [1.54, 1.807) is 0 Å². The molecule has 12 heteroatoms. The van der Waals surface area contributed by atoms with Gasteiger partial charge in [0.05, 0.1) is 23.8 Å². The van der Waals surface area contributed by atoms with Gasteiger partial charge in [0.2, 0.25) is 5.76 Å². The van der Waals surface area contributed by atoms with Gasteiger partial charge in [0, 0.05) is 12.1 Å². The lowest BCUT2D eigenvalue weighted by Crippen LogP contribution is -2.30. The molecule has 1 N–H and O–H groups in total. The van der Waals surface area contributed by atoms with Crippen LogP contribution in [0.25, 0.3) is 0 Å². The number of hydrogen-bond donors (Lipinski definition) is 1. The Morgan fingerprint density at radius 1 is 1.15 bits per heavy atom. The van der Waals surface area contributed by atoms with Crippen molar-refractivity contribution in [2.75, 3.05) is 12.4 Å². The standard InChI is InChI=1S/C15H13N3O9/c1-8(26-15(20)12-5-6-13(27-12)18(23)24)14(19)16-10-7-9(17(21)22)3-4-11(10)25-2/h3-8H,1-2H3,(H,16,19). The molecule has 12 nitrogen and oxygen atoms in total. The Labute approximate surface area is 151 Å². The number of ether oxygens (including phenoxy) is 2.